The molecule has 0 unspecified atom stereocenters. The fraction of sp³-hybridized carbons (Fsp3) is 0.526. The van der Waals surface area contributed by atoms with E-state index in [1.807, 2.05) is 0 Å². The first-order valence-corrected chi connectivity index (χ1v) is 8.38. The molecule has 0 radical (unpaired) electrons. The summed E-state index contributed by atoms with van der Waals surface area (Å²) in [6, 6.07) is 0. The highest BCUT2D eigenvalue weighted by atomic mass is 127. The summed E-state index contributed by atoms with van der Waals surface area (Å²) in [5.74, 6) is -1.62. The zero-order chi connectivity index (χ0) is 22.0. The minimum atomic E-state index is -1.19. The van der Waals surface area contributed by atoms with Crippen LogP contribution >= 0.6 is 24.0 Å². The van der Waals surface area contributed by atoms with E-state index in [-0.39, 0.29) is 41.4 Å². The molecule has 0 aromatic heterocycles. The van der Waals surface area contributed by atoms with Crippen LogP contribution in [0.25, 0.3) is 0 Å². The van der Waals surface area contributed by atoms with E-state index >= 15 is 0 Å². The highest BCUT2D eigenvalue weighted by Gasteiger charge is 2.09. The van der Waals surface area contributed by atoms with Gasteiger partial charge in [-0.1, -0.05) is 19.7 Å². The first-order chi connectivity index (χ1) is 12.3. The molecule has 0 aromatic rings. The fourth-order valence-corrected chi connectivity index (χ4v) is 0.921. The monoisotopic (exact) mass is 513 g/mol. The highest BCUT2D eigenvalue weighted by molar-refractivity contribution is 14.0. The van der Waals surface area contributed by atoms with Gasteiger partial charge in [0.2, 0.25) is 5.91 Å². The summed E-state index contributed by atoms with van der Waals surface area (Å²) in [4.78, 5) is 30.8. The Morgan fingerprint density at radius 2 is 1.61 bits per heavy atom. The van der Waals surface area contributed by atoms with Crippen molar-refractivity contribution in [2.45, 2.75) is 20.3 Å². The predicted molar refractivity (Wildman–Crippen MR) is 121 cm³/mol. The molecule has 3 N–H and O–H groups in total. The number of likely N-dealkylation sites (N-methyl/N-ethyl adjacent to an activating group) is 1. The Morgan fingerprint density at radius 1 is 1.14 bits per heavy atom. The van der Waals surface area contributed by atoms with Gasteiger partial charge in [-0.05, 0) is 38.5 Å². The fourth-order valence-electron chi connectivity index (χ4n) is 0.921. The third-order valence-electron chi connectivity index (χ3n) is 2.56. The zero-order valence-electron chi connectivity index (χ0n) is 17.7. The van der Waals surface area contributed by atoms with E-state index < -0.39 is 5.97 Å². The van der Waals surface area contributed by atoms with Crippen LogP contribution in [0.2, 0.25) is 0 Å². The number of halogens is 1. The van der Waals surface area contributed by atoms with Gasteiger partial charge in [0.25, 0.3) is 0 Å². The molecule has 0 saturated heterocycles. The Morgan fingerprint density at radius 3 is 1.89 bits per heavy atom. The third-order valence-corrected chi connectivity index (χ3v) is 2.56. The Bertz CT molecular complexity index is 502. The van der Waals surface area contributed by atoms with Gasteiger partial charge in [-0.15, -0.1) is 24.0 Å². The molecule has 0 fully saturated rings. The maximum atomic E-state index is 10.9. The SMILES string of the molecule is C=C(C)C(=O)OCC[N+](C)(C)C.C=C(C)C(=O)[O-].C=CC(=O)NCCCN.I. The highest BCUT2D eigenvalue weighted by Crippen LogP contribution is 1.94. The first-order valence-electron chi connectivity index (χ1n) is 8.38. The zero-order valence-corrected chi connectivity index (χ0v) is 20.0. The number of nitrogens with zero attached hydrogens (tertiary/aromatic N) is 1. The molecule has 1 amide bonds. The van der Waals surface area contributed by atoms with Gasteiger partial charge in [-0.25, -0.2) is 4.79 Å². The number of esters is 1. The number of rotatable bonds is 9. The summed E-state index contributed by atoms with van der Waals surface area (Å²) in [6.45, 7) is 15.4. The lowest BCUT2D eigenvalue weighted by atomic mass is 10.4. The number of hydrogen-bond acceptors (Lipinski definition) is 6. The summed E-state index contributed by atoms with van der Waals surface area (Å²) in [6.07, 6.45) is 2.07. The molecule has 0 rings (SSSR count). The van der Waals surface area contributed by atoms with E-state index in [4.69, 9.17) is 10.5 Å². The van der Waals surface area contributed by atoms with Crippen molar-refractivity contribution in [2.24, 2.45) is 5.73 Å². The lowest BCUT2D eigenvalue weighted by Crippen LogP contribution is -2.38. The lowest BCUT2D eigenvalue weighted by Gasteiger charge is -2.23. The minimum Gasteiger partial charge on any atom is -0.545 e. The van der Waals surface area contributed by atoms with Crippen molar-refractivity contribution in [1.29, 1.82) is 0 Å². The van der Waals surface area contributed by atoms with Crippen LogP contribution in [0.1, 0.15) is 20.3 Å². The summed E-state index contributed by atoms with van der Waals surface area (Å²) in [7, 11) is 6.15. The van der Waals surface area contributed by atoms with E-state index in [0.717, 1.165) is 17.4 Å². The Labute approximate surface area is 186 Å². The maximum absolute atomic E-state index is 10.9. The van der Waals surface area contributed by atoms with Crippen LogP contribution in [0.4, 0.5) is 0 Å². The molecule has 9 heteroatoms. The molecule has 0 aromatic carbocycles. The molecule has 0 bridgehead atoms. The number of carbonyl (C=O) groups is 3. The summed E-state index contributed by atoms with van der Waals surface area (Å²) >= 11 is 0. The topological polar surface area (TPSA) is 122 Å². The number of carboxylic acids is 1. The Balaban J connectivity index is -0.000000160. The molecule has 0 aliphatic rings. The largest absolute Gasteiger partial charge is 0.545 e. The van der Waals surface area contributed by atoms with Gasteiger partial charge in [0.1, 0.15) is 13.2 Å². The normalized spacial score (nSPS) is 9.07. The van der Waals surface area contributed by atoms with Crippen molar-refractivity contribution >= 4 is 41.8 Å². The number of aliphatic carboxylic acids is 1. The van der Waals surface area contributed by atoms with Gasteiger partial charge in [0.15, 0.2) is 0 Å². The number of carbonyl (C=O) groups excluding carboxylic acids is 3. The summed E-state index contributed by atoms with van der Waals surface area (Å²) in [5, 5.41) is 12.1. The number of ether oxygens (including phenoxy) is 1. The lowest BCUT2D eigenvalue weighted by molar-refractivity contribution is -0.870. The smallest absolute Gasteiger partial charge is 0.333 e. The second kappa shape index (κ2) is 20.0. The van der Waals surface area contributed by atoms with Gasteiger partial charge >= 0.3 is 5.97 Å². The van der Waals surface area contributed by atoms with E-state index in [0.29, 0.717) is 25.3 Å². The number of quaternary nitrogens is 1. The van der Waals surface area contributed by atoms with Crippen LogP contribution in [-0.2, 0) is 19.1 Å². The number of amides is 1. The average molecular weight is 513 g/mol. The standard InChI is InChI=1S/C9H18NO2.C6H12N2O.C4H6O2.HI/c1-8(2)9(11)12-7-6-10(3,4)5;1-2-6(9)8-5-3-4-7;1-3(2)4(5)6;/h1,6-7H2,2-5H3;2H,1,3-5,7H2,(H,8,9);1H2,2H3,(H,5,6);1H/q+1;;;/p-1. The van der Waals surface area contributed by atoms with Gasteiger partial charge in [-0.3, -0.25) is 4.79 Å². The van der Waals surface area contributed by atoms with Crippen molar-refractivity contribution in [2.75, 3.05) is 47.4 Å². The molecule has 164 valence electrons. The van der Waals surface area contributed by atoms with E-state index in [1.165, 1.54) is 13.0 Å². The molecule has 0 spiro atoms. The molecule has 0 saturated carbocycles. The van der Waals surface area contributed by atoms with Crippen molar-refractivity contribution in [1.82, 2.24) is 5.32 Å². The summed E-state index contributed by atoms with van der Waals surface area (Å²) < 4.78 is 5.72. The molecule has 0 heterocycles. The molecular weight excluding hydrogens is 477 g/mol. The van der Waals surface area contributed by atoms with E-state index in [9.17, 15) is 19.5 Å². The molecular formula is C19H36IN3O5. The molecule has 28 heavy (non-hydrogen) atoms. The van der Waals surface area contributed by atoms with Crippen LogP contribution in [-0.4, -0.2) is 69.7 Å². The van der Waals surface area contributed by atoms with Crippen molar-refractivity contribution in [3.05, 3.63) is 37.0 Å². The van der Waals surface area contributed by atoms with Gasteiger partial charge in [0.05, 0.1) is 27.1 Å². The molecule has 0 aliphatic heterocycles. The summed E-state index contributed by atoms with van der Waals surface area (Å²) in [5.41, 5.74) is 5.70. The number of hydrogen-bond donors (Lipinski definition) is 2. The van der Waals surface area contributed by atoms with Crippen molar-refractivity contribution in [3.8, 4) is 0 Å². The van der Waals surface area contributed by atoms with E-state index in [1.54, 1.807) is 6.92 Å². The van der Waals surface area contributed by atoms with Crippen molar-refractivity contribution < 1.29 is 28.7 Å². The second-order valence-corrected chi connectivity index (χ2v) is 6.64. The quantitative estimate of drug-likeness (QED) is 0.151. The van der Waals surface area contributed by atoms with Crippen molar-refractivity contribution in [3.63, 3.8) is 0 Å². The van der Waals surface area contributed by atoms with Crippen LogP contribution in [0.15, 0.2) is 37.0 Å². The van der Waals surface area contributed by atoms with Crippen LogP contribution in [0, 0.1) is 0 Å². The van der Waals surface area contributed by atoms with Gasteiger partial charge < -0.3 is 30.2 Å². The van der Waals surface area contributed by atoms with Crippen LogP contribution in [0.3, 0.4) is 0 Å². The van der Waals surface area contributed by atoms with Crippen LogP contribution < -0.4 is 16.2 Å². The maximum Gasteiger partial charge on any atom is 0.333 e. The van der Waals surface area contributed by atoms with E-state index in [2.05, 4.69) is 46.2 Å². The Kier molecular flexibility index (Phi) is 24.2. The molecule has 0 atom stereocenters. The Hall–Kier alpha value is -1.72. The minimum absolute atomic E-state index is 0. The number of nitrogens with one attached hydrogen (secondary N) is 1. The molecule has 8 nitrogen and oxygen atoms in total. The average Bonchev–Trinajstić information content (AvgIpc) is 2.54. The number of nitrogens with two attached hydrogens (primary N) is 1. The first kappa shape index (κ1) is 33.8. The second-order valence-electron chi connectivity index (χ2n) is 6.64. The third kappa shape index (κ3) is 32.0. The van der Waals surface area contributed by atoms with Gasteiger partial charge in [0, 0.05) is 12.1 Å². The van der Waals surface area contributed by atoms with Crippen LogP contribution in [0.5, 0.6) is 0 Å². The molecule has 0 aliphatic carbocycles. The number of carboxylic acid groups (broad SMARTS) is 1. The van der Waals surface area contributed by atoms with Gasteiger partial charge in [-0.2, -0.15) is 0 Å². The predicted octanol–water partition coefficient (Wildman–Crippen LogP) is 0.380.